The highest BCUT2D eigenvalue weighted by Crippen LogP contribution is 2.26. The Hall–Kier alpha value is -1.54. The Morgan fingerprint density at radius 3 is 2.67 bits per heavy atom. The summed E-state index contributed by atoms with van der Waals surface area (Å²) in [6, 6.07) is 6.75. The van der Waals surface area contributed by atoms with Crippen LogP contribution in [0.2, 0.25) is 0 Å². The molecule has 0 bridgehead atoms. The van der Waals surface area contributed by atoms with Crippen LogP contribution in [0.3, 0.4) is 0 Å². The summed E-state index contributed by atoms with van der Waals surface area (Å²) in [5, 5.41) is 8.64. The van der Waals surface area contributed by atoms with E-state index in [-0.39, 0.29) is 0 Å². The SMILES string of the molecule is CN(C)C(=O)Oc1ccc(C#N)cc1Br. The second-order valence-electron chi connectivity index (χ2n) is 3.02. The Labute approximate surface area is 96.2 Å². The Morgan fingerprint density at radius 2 is 2.20 bits per heavy atom. The number of carbonyl (C=O) groups excluding carboxylic acids is 1. The third kappa shape index (κ3) is 2.96. The van der Waals surface area contributed by atoms with Gasteiger partial charge in [0.1, 0.15) is 5.75 Å². The average Bonchev–Trinajstić information content (AvgIpc) is 2.20. The van der Waals surface area contributed by atoms with Crippen LogP contribution < -0.4 is 4.74 Å². The van der Waals surface area contributed by atoms with Gasteiger partial charge in [-0.05, 0) is 34.1 Å². The number of nitrogens with zero attached hydrogens (tertiary/aromatic N) is 2. The molecular formula is C10H9BrN2O2. The van der Waals surface area contributed by atoms with Gasteiger partial charge in [0.25, 0.3) is 0 Å². The van der Waals surface area contributed by atoms with Gasteiger partial charge in [-0.3, -0.25) is 0 Å². The molecule has 1 amide bonds. The second kappa shape index (κ2) is 4.80. The summed E-state index contributed by atoms with van der Waals surface area (Å²) in [7, 11) is 3.19. The van der Waals surface area contributed by atoms with Crippen molar-refractivity contribution in [2.75, 3.05) is 14.1 Å². The van der Waals surface area contributed by atoms with Crippen LogP contribution in [-0.2, 0) is 0 Å². The maximum absolute atomic E-state index is 11.2. The van der Waals surface area contributed by atoms with Crippen molar-refractivity contribution in [3.8, 4) is 11.8 Å². The van der Waals surface area contributed by atoms with Crippen LogP contribution in [0, 0.1) is 11.3 Å². The first-order chi connectivity index (χ1) is 7.04. The van der Waals surface area contributed by atoms with Gasteiger partial charge in [0.15, 0.2) is 0 Å². The molecule has 0 aromatic heterocycles. The normalized spacial score (nSPS) is 9.20. The molecule has 0 spiro atoms. The third-order valence-corrected chi connectivity index (χ3v) is 2.24. The molecular weight excluding hydrogens is 260 g/mol. The van der Waals surface area contributed by atoms with Crippen LogP contribution >= 0.6 is 15.9 Å². The molecule has 0 saturated heterocycles. The number of hydrogen-bond acceptors (Lipinski definition) is 3. The van der Waals surface area contributed by atoms with E-state index in [1.165, 1.54) is 4.90 Å². The first kappa shape index (κ1) is 11.5. The Morgan fingerprint density at radius 1 is 1.53 bits per heavy atom. The van der Waals surface area contributed by atoms with Crippen LogP contribution in [0.1, 0.15) is 5.56 Å². The molecule has 0 aliphatic heterocycles. The first-order valence-electron chi connectivity index (χ1n) is 4.13. The molecule has 0 radical (unpaired) electrons. The number of carbonyl (C=O) groups is 1. The third-order valence-electron chi connectivity index (χ3n) is 1.62. The number of amides is 1. The van der Waals surface area contributed by atoms with Gasteiger partial charge in [-0.15, -0.1) is 0 Å². The summed E-state index contributed by atoms with van der Waals surface area (Å²) in [5.74, 6) is 0.396. The molecule has 5 heteroatoms. The zero-order chi connectivity index (χ0) is 11.4. The molecule has 0 saturated carbocycles. The minimum atomic E-state index is -0.458. The van der Waals surface area contributed by atoms with E-state index in [1.807, 2.05) is 6.07 Å². The average molecular weight is 269 g/mol. The lowest BCUT2D eigenvalue weighted by molar-refractivity contribution is 0.171. The maximum Gasteiger partial charge on any atom is 0.414 e. The fourth-order valence-electron chi connectivity index (χ4n) is 0.839. The molecule has 0 fully saturated rings. The summed E-state index contributed by atoms with van der Waals surface area (Å²) >= 11 is 3.22. The van der Waals surface area contributed by atoms with Crippen molar-refractivity contribution in [2.24, 2.45) is 0 Å². The Bertz CT molecular complexity index is 424. The predicted molar refractivity (Wildman–Crippen MR) is 58.6 cm³/mol. The molecule has 0 aliphatic rings. The molecule has 0 aliphatic carbocycles. The van der Waals surface area contributed by atoms with Crippen molar-refractivity contribution in [1.82, 2.24) is 4.90 Å². The van der Waals surface area contributed by atoms with Gasteiger partial charge >= 0.3 is 6.09 Å². The molecule has 0 heterocycles. The lowest BCUT2D eigenvalue weighted by Gasteiger charge is -2.11. The standard InChI is InChI=1S/C10H9BrN2O2/c1-13(2)10(14)15-9-4-3-7(6-12)5-8(9)11/h3-5H,1-2H3. The van der Waals surface area contributed by atoms with Gasteiger partial charge in [-0.1, -0.05) is 0 Å². The van der Waals surface area contributed by atoms with E-state index in [1.54, 1.807) is 32.3 Å². The van der Waals surface area contributed by atoms with Gasteiger partial charge in [0, 0.05) is 14.1 Å². The van der Waals surface area contributed by atoms with Crippen molar-refractivity contribution >= 4 is 22.0 Å². The smallest absolute Gasteiger partial charge is 0.409 e. The molecule has 1 aromatic rings. The zero-order valence-corrected chi connectivity index (χ0v) is 9.91. The fraction of sp³-hybridized carbons (Fsp3) is 0.200. The molecule has 1 rings (SSSR count). The van der Waals surface area contributed by atoms with Crippen LogP contribution in [-0.4, -0.2) is 25.1 Å². The summed E-state index contributed by atoms with van der Waals surface area (Å²) in [6.45, 7) is 0. The largest absolute Gasteiger partial charge is 0.414 e. The molecule has 0 unspecified atom stereocenters. The van der Waals surface area contributed by atoms with Gasteiger partial charge in [-0.25, -0.2) is 4.79 Å². The van der Waals surface area contributed by atoms with E-state index < -0.39 is 6.09 Å². The molecule has 78 valence electrons. The topological polar surface area (TPSA) is 53.3 Å². The van der Waals surface area contributed by atoms with Crippen LogP contribution in [0.25, 0.3) is 0 Å². The lowest BCUT2D eigenvalue weighted by atomic mass is 10.2. The van der Waals surface area contributed by atoms with Crippen molar-refractivity contribution < 1.29 is 9.53 Å². The summed E-state index contributed by atoms with van der Waals surface area (Å²) in [6.07, 6.45) is -0.458. The Balaban J connectivity index is 2.89. The number of rotatable bonds is 1. The monoisotopic (exact) mass is 268 g/mol. The van der Waals surface area contributed by atoms with E-state index in [9.17, 15) is 4.79 Å². The van der Waals surface area contributed by atoms with Crippen molar-refractivity contribution in [1.29, 1.82) is 5.26 Å². The highest BCUT2D eigenvalue weighted by atomic mass is 79.9. The Kier molecular flexibility index (Phi) is 3.69. The number of nitriles is 1. The summed E-state index contributed by atoms with van der Waals surface area (Å²) < 4.78 is 5.62. The molecule has 0 N–H and O–H groups in total. The van der Waals surface area contributed by atoms with Crippen LogP contribution in [0.15, 0.2) is 22.7 Å². The molecule has 15 heavy (non-hydrogen) atoms. The van der Waals surface area contributed by atoms with Crippen LogP contribution in [0.4, 0.5) is 4.79 Å². The molecule has 0 atom stereocenters. The van der Waals surface area contributed by atoms with Crippen molar-refractivity contribution in [2.45, 2.75) is 0 Å². The second-order valence-corrected chi connectivity index (χ2v) is 3.87. The highest BCUT2D eigenvalue weighted by Gasteiger charge is 2.09. The number of benzene rings is 1. The maximum atomic E-state index is 11.2. The first-order valence-corrected chi connectivity index (χ1v) is 4.92. The van der Waals surface area contributed by atoms with Gasteiger partial charge < -0.3 is 9.64 Å². The number of halogens is 1. The van der Waals surface area contributed by atoms with E-state index in [0.29, 0.717) is 15.8 Å². The zero-order valence-electron chi connectivity index (χ0n) is 8.32. The quantitative estimate of drug-likeness (QED) is 0.786. The summed E-state index contributed by atoms with van der Waals surface area (Å²) in [4.78, 5) is 12.6. The molecule has 4 nitrogen and oxygen atoms in total. The minimum absolute atomic E-state index is 0.396. The van der Waals surface area contributed by atoms with Crippen molar-refractivity contribution in [3.63, 3.8) is 0 Å². The van der Waals surface area contributed by atoms with E-state index in [4.69, 9.17) is 10.00 Å². The van der Waals surface area contributed by atoms with Gasteiger partial charge in [0.05, 0.1) is 16.1 Å². The molecule has 1 aromatic carbocycles. The van der Waals surface area contributed by atoms with Crippen LogP contribution in [0.5, 0.6) is 5.75 Å². The highest BCUT2D eigenvalue weighted by molar-refractivity contribution is 9.10. The van der Waals surface area contributed by atoms with E-state index in [2.05, 4.69) is 15.9 Å². The predicted octanol–water partition coefficient (Wildman–Crippen LogP) is 2.38. The lowest BCUT2D eigenvalue weighted by Crippen LogP contribution is -2.25. The van der Waals surface area contributed by atoms with Gasteiger partial charge in [0.2, 0.25) is 0 Å². The van der Waals surface area contributed by atoms with E-state index >= 15 is 0 Å². The number of hydrogen-bond donors (Lipinski definition) is 0. The number of ether oxygens (including phenoxy) is 1. The van der Waals surface area contributed by atoms with E-state index in [0.717, 1.165) is 0 Å². The summed E-state index contributed by atoms with van der Waals surface area (Å²) in [5.41, 5.74) is 0.506. The van der Waals surface area contributed by atoms with Crippen molar-refractivity contribution in [3.05, 3.63) is 28.2 Å². The fourth-order valence-corrected chi connectivity index (χ4v) is 1.30. The minimum Gasteiger partial charge on any atom is -0.409 e. The van der Waals surface area contributed by atoms with Gasteiger partial charge in [-0.2, -0.15) is 5.26 Å².